The Labute approximate surface area is 153 Å². The fourth-order valence-electron chi connectivity index (χ4n) is 3.13. The van der Waals surface area contributed by atoms with Gasteiger partial charge in [0, 0.05) is 51.4 Å². The lowest BCUT2D eigenvalue weighted by Gasteiger charge is -2.35. The number of benzene rings is 1. The summed E-state index contributed by atoms with van der Waals surface area (Å²) in [5, 5.41) is 4.55. The molecule has 0 spiro atoms. The highest BCUT2D eigenvalue weighted by Crippen LogP contribution is 2.15. The SMILES string of the molecule is CCOC(=O)N1CCN(C(=NC)NCc2cccc3cccnc23)CC1. The standard InChI is InChI=1S/C19H25N5O2/c1-3-26-19(25)24-12-10-23(11-13-24)18(20-2)22-14-16-7-4-6-15-8-5-9-21-17(15)16/h4-9H,3,10-14H2,1-2H3,(H,20,22). The summed E-state index contributed by atoms with van der Waals surface area (Å²) in [6.07, 6.45) is 1.58. The molecule has 2 aromatic rings. The largest absolute Gasteiger partial charge is 0.450 e. The minimum atomic E-state index is -0.239. The van der Waals surface area contributed by atoms with Crippen molar-refractivity contribution in [1.29, 1.82) is 0 Å². The zero-order valence-corrected chi connectivity index (χ0v) is 15.3. The van der Waals surface area contributed by atoms with Crippen LogP contribution in [0.5, 0.6) is 0 Å². The van der Waals surface area contributed by atoms with Crippen LogP contribution in [-0.2, 0) is 11.3 Å². The van der Waals surface area contributed by atoms with Crippen LogP contribution in [0.1, 0.15) is 12.5 Å². The van der Waals surface area contributed by atoms with Crippen LogP contribution in [0.15, 0.2) is 41.5 Å². The molecule has 2 heterocycles. The fraction of sp³-hybridized carbons (Fsp3) is 0.421. The molecule has 1 aliphatic heterocycles. The average Bonchev–Trinajstić information content (AvgIpc) is 2.69. The number of carbonyl (C=O) groups excluding carboxylic acids is 1. The van der Waals surface area contributed by atoms with E-state index >= 15 is 0 Å². The molecule has 1 N–H and O–H groups in total. The van der Waals surface area contributed by atoms with E-state index < -0.39 is 0 Å². The van der Waals surface area contributed by atoms with Crippen molar-refractivity contribution in [3.8, 4) is 0 Å². The van der Waals surface area contributed by atoms with Gasteiger partial charge in [0.25, 0.3) is 0 Å². The van der Waals surface area contributed by atoms with Crippen molar-refractivity contribution in [3.63, 3.8) is 0 Å². The number of hydrogen-bond donors (Lipinski definition) is 1. The molecule has 1 aliphatic rings. The number of hydrogen-bond acceptors (Lipinski definition) is 4. The molecule has 0 saturated carbocycles. The number of ether oxygens (including phenoxy) is 1. The maximum Gasteiger partial charge on any atom is 0.409 e. The van der Waals surface area contributed by atoms with Gasteiger partial charge in [0.2, 0.25) is 0 Å². The van der Waals surface area contributed by atoms with E-state index in [4.69, 9.17) is 4.74 Å². The lowest BCUT2D eigenvalue weighted by atomic mass is 10.1. The number of pyridine rings is 1. The van der Waals surface area contributed by atoms with Crippen LogP contribution in [0.2, 0.25) is 0 Å². The summed E-state index contributed by atoms with van der Waals surface area (Å²) >= 11 is 0. The van der Waals surface area contributed by atoms with Crippen LogP contribution in [0.25, 0.3) is 10.9 Å². The van der Waals surface area contributed by atoms with Crippen LogP contribution in [-0.4, -0.2) is 66.7 Å². The molecule has 3 rings (SSSR count). The van der Waals surface area contributed by atoms with Crippen LogP contribution in [0.4, 0.5) is 4.79 Å². The topological polar surface area (TPSA) is 70.1 Å². The molecule has 0 radical (unpaired) electrons. The molecule has 1 fully saturated rings. The zero-order chi connectivity index (χ0) is 18.4. The Morgan fingerprint density at radius 2 is 1.92 bits per heavy atom. The van der Waals surface area contributed by atoms with Crippen molar-refractivity contribution < 1.29 is 9.53 Å². The first-order valence-electron chi connectivity index (χ1n) is 8.93. The number of para-hydroxylation sites is 1. The number of piperazine rings is 1. The predicted molar refractivity (Wildman–Crippen MR) is 102 cm³/mol. The number of carbonyl (C=O) groups is 1. The Balaban J connectivity index is 1.60. The van der Waals surface area contributed by atoms with E-state index in [1.807, 2.05) is 25.3 Å². The first-order chi connectivity index (χ1) is 12.7. The van der Waals surface area contributed by atoms with Gasteiger partial charge in [-0.25, -0.2) is 4.79 Å². The van der Waals surface area contributed by atoms with Crippen molar-refractivity contribution >= 4 is 23.0 Å². The third kappa shape index (κ3) is 4.04. The number of nitrogens with zero attached hydrogens (tertiary/aromatic N) is 4. The minimum Gasteiger partial charge on any atom is -0.450 e. The quantitative estimate of drug-likeness (QED) is 0.674. The molecular formula is C19H25N5O2. The minimum absolute atomic E-state index is 0.239. The average molecular weight is 355 g/mol. The van der Waals surface area contributed by atoms with Crippen LogP contribution in [0, 0.1) is 0 Å². The lowest BCUT2D eigenvalue weighted by molar-refractivity contribution is 0.0914. The highest BCUT2D eigenvalue weighted by molar-refractivity contribution is 5.83. The smallest absolute Gasteiger partial charge is 0.409 e. The molecule has 138 valence electrons. The fourth-order valence-corrected chi connectivity index (χ4v) is 3.13. The van der Waals surface area contributed by atoms with E-state index in [0.717, 1.165) is 35.5 Å². The van der Waals surface area contributed by atoms with Gasteiger partial charge in [-0.1, -0.05) is 24.3 Å². The second-order valence-corrected chi connectivity index (χ2v) is 6.07. The van der Waals surface area contributed by atoms with E-state index in [-0.39, 0.29) is 6.09 Å². The molecule has 26 heavy (non-hydrogen) atoms. The highest BCUT2D eigenvalue weighted by Gasteiger charge is 2.23. The number of fused-ring (bicyclic) bond motifs is 1. The van der Waals surface area contributed by atoms with Gasteiger partial charge in [-0.2, -0.15) is 0 Å². The molecule has 7 nitrogen and oxygen atoms in total. The normalized spacial score (nSPS) is 15.2. The van der Waals surface area contributed by atoms with Gasteiger partial charge in [0.1, 0.15) is 0 Å². The molecule has 1 amide bonds. The van der Waals surface area contributed by atoms with Gasteiger partial charge < -0.3 is 19.9 Å². The molecule has 0 unspecified atom stereocenters. The number of nitrogens with one attached hydrogen (secondary N) is 1. The molecule has 1 aromatic heterocycles. The third-order valence-corrected chi connectivity index (χ3v) is 4.47. The maximum atomic E-state index is 11.8. The summed E-state index contributed by atoms with van der Waals surface area (Å²) < 4.78 is 5.07. The summed E-state index contributed by atoms with van der Waals surface area (Å²) in [7, 11) is 1.78. The number of amides is 1. The highest BCUT2D eigenvalue weighted by atomic mass is 16.6. The summed E-state index contributed by atoms with van der Waals surface area (Å²) in [6.45, 7) is 5.60. The van der Waals surface area contributed by atoms with Gasteiger partial charge in [-0.05, 0) is 18.6 Å². The van der Waals surface area contributed by atoms with Gasteiger partial charge in [0.15, 0.2) is 5.96 Å². The summed E-state index contributed by atoms with van der Waals surface area (Å²) in [5.74, 6) is 0.835. The summed E-state index contributed by atoms with van der Waals surface area (Å²) in [6, 6.07) is 10.2. The van der Waals surface area contributed by atoms with Crippen molar-refractivity contribution in [2.45, 2.75) is 13.5 Å². The Bertz CT molecular complexity index is 779. The molecular weight excluding hydrogens is 330 g/mol. The molecule has 0 bridgehead atoms. The van der Waals surface area contributed by atoms with Crippen molar-refractivity contribution in [2.24, 2.45) is 4.99 Å². The van der Waals surface area contributed by atoms with Gasteiger partial charge in [0.05, 0.1) is 12.1 Å². The van der Waals surface area contributed by atoms with E-state index in [1.54, 1.807) is 11.9 Å². The molecule has 1 aromatic carbocycles. The maximum absolute atomic E-state index is 11.8. The number of guanidine groups is 1. The second kappa shape index (κ2) is 8.51. The van der Waals surface area contributed by atoms with Gasteiger partial charge in [-0.15, -0.1) is 0 Å². The monoisotopic (exact) mass is 355 g/mol. The number of rotatable bonds is 3. The Morgan fingerprint density at radius 1 is 1.19 bits per heavy atom. The first-order valence-corrected chi connectivity index (χ1v) is 8.93. The Kier molecular flexibility index (Phi) is 5.88. The summed E-state index contributed by atoms with van der Waals surface area (Å²) in [5.41, 5.74) is 2.14. The summed E-state index contributed by atoms with van der Waals surface area (Å²) in [4.78, 5) is 24.6. The number of aromatic nitrogens is 1. The van der Waals surface area contributed by atoms with E-state index in [9.17, 15) is 4.79 Å². The zero-order valence-electron chi connectivity index (χ0n) is 15.3. The Hall–Kier alpha value is -2.83. The van der Waals surface area contributed by atoms with E-state index in [1.165, 1.54) is 0 Å². The van der Waals surface area contributed by atoms with E-state index in [0.29, 0.717) is 26.2 Å². The molecule has 1 saturated heterocycles. The van der Waals surface area contributed by atoms with Crippen molar-refractivity contribution in [1.82, 2.24) is 20.1 Å². The number of aliphatic imine (C=N–C) groups is 1. The van der Waals surface area contributed by atoms with Gasteiger partial charge >= 0.3 is 6.09 Å². The Morgan fingerprint density at radius 3 is 2.65 bits per heavy atom. The second-order valence-electron chi connectivity index (χ2n) is 6.07. The predicted octanol–water partition coefficient (Wildman–Crippen LogP) is 2.08. The van der Waals surface area contributed by atoms with Crippen LogP contribution in [0.3, 0.4) is 0 Å². The van der Waals surface area contributed by atoms with Crippen molar-refractivity contribution in [2.75, 3.05) is 39.8 Å². The molecule has 0 atom stereocenters. The van der Waals surface area contributed by atoms with Crippen LogP contribution >= 0.6 is 0 Å². The molecule has 0 aliphatic carbocycles. The van der Waals surface area contributed by atoms with E-state index in [2.05, 4.69) is 38.4 Å². The first kappa shape index (κ1) is 18.0. The third-order valence-electron chi connectivity index (χ3n) is 4.47. The van der Waals surface area contributed by atoms with Crippen LogP contribution < -0.4 is 5.32 Å². The van der Waals surface area contributed by atoms with Gasteiger partial charge in [-0.3, -0.25) is 9.98 Å². The van der Waals surface area contributed by atoms with Crippen molar-refractivity contribution in [3.05, 3.63) is 42.1 Å². The lowest BCUT2D eigenvalue weighted by Crippen LogP contribution is -2.53. The molecule has 7 heteroatoms.